The van der Waals surface area contributed by atoms with Gasteiger partial charge in [0.15, 0.2) is 0 Å². The smallest absolute Gasteiger partial charge is 0.317 e. The molecule has 0 fully saturated rings. The Morgan fingerprint density at radius 2 is 0.600 bits per heavy atom. The number of hydrogen-bond donors (Lipinski definition) is 7. The minimum atomic E-state index is -1.24. The van der Waals surface area contributed by atoms with Crippen molar-refractivity contribution in [2.24, 2.45) is 0 Å². The van der Waals surface area contributed by atoms with Gasteiger partial charge >= 0.3 is 29.8 Å². The fourth-order valence-corrected chi connectivity index (χ4v) is 2.22. The normalized spacial score (nSPS) is 9.97. The first-order chi connectivity index (χ1) is 12.5. The second-order valence-electron chi connectivity index (χ2n) is 5.67. The monoisotopic (exact) mass is 491 g/mol. The maximum Gasteiger partial charge on any atom is 0.317 e. The quantitative estimate of drug-likeness (QED) is 0.111. The van der Waals surface area contributed by atoms with E-state index in [2.05, 4.69) is 0 Å². The van der Waals surface area contributed by atoms with Crippen LogP contribution in [0.2, 0.25) is 0 Å². The molecule has 0 bridgehead atoms. The Labute approximate surface area is 185 Å². The predicted octanol–water partition coefficient (Wildman–Crippen LogP) is -2.36. The average Bonchev–Trinajstić information content (AvgIpc) is 2.46. The van der Waals surface area contributed by atoms with Gasteiger partial charge in [-0.3, -0.25) is 38.7 Å². The van der Waals surface area contributed by atoms with E-state index in [-0.39, 0.29) is 58.0 Å². The van der Waals surface area contributed by atoms with Gasteiger partial charge in [0, 0.05) is 45.7 Å². The Morgan fingerprint density at radius 3 is 0.800 bits per heavy atom. The van der Waals surface area contributed by atoms with Crippen LogP contribution in [0.1, 0.15) is 0 Å². The summed E-state index contributed by atoms with van der Waals surface area (Å²) in [6.07, 6.45) is 0. The fraction of sp³-hybridized carbons (Fsp3) is 0.643. The molecule has 0 aromatic heterocycles. The second-order valence-corrected chi connectivity index (χ2v) is 5.67. The molecule has 0 aliphatic rings. The van der Waals surface area contributed by atoms with Crippen molar-refractivity contribution in [1.29, 1.82) is 0 Å². The molecular formula is C14H29N5O10Zn. The topological polar surface area (TPSA) is 266 Å². The number of carboxylic acids is 5. The van der Waals surface area contributed by atoms with Gasteiger partial charge in [0.1, 0.15) is 0 Å². The van der Waals surface area contributed by atoms with Crippen molar-refractivity contribution < 1.29 is 69.0 Å². The zero-order chi connectivity index (χ0) is 21.0. The molecule has 0 aromatic carbocycles. The van der Waals surface area contributed by atoms with E-state index < -0.39 is 62.6 Å². The van der Waals surface area contributed by atoms with Crippen LogP contribution in [0.25, 0.3) is 0 Å². The van der Waals surface area contributed by atoms with Crippen LogP contribution < -0.4 is 12.3 Å². The van der Waals surface area contributed by atoms with Crippen LogP contribution in [-0.4, -0.2) is 129 Å². The van der Waals surface area contributed by atoms with Crippen LogP contribution in [-0.2, 0) is 43.5 Å². The Balaban J connectivity index is -0.00000113. The summed E-state index contributed by atoms with van der Waals surface area (Å²) in [5.41, 5.74) is 0. The van der Waals surface area contributed by atoms with E-state index >= 15 is 0 Å². The number of carbonyl (C=O) groups is 5. The first kappa shape index (κ1) is 35.2. The minimum absolute atomic E-state index is 0. The fourth-order valence-electron chi connectivity index (χ4n) is 2.22. The summed E-state index contributed by atoms with van der Waals surface area (Å²) in [6.45, 7) is -2.74. The van der Waals surface area contributed by atoms with Gasteiger partial charge in [-0.05, 0) is 0 Å². The number of aliphatic carboxylic acids is 5. The van der Waals surface area contributed by atoms with Gasteiger partial charge in [-0.25, -0.2) is 0 Å². The molecule has 0 aromatic rings. The molecule has 11 N–H and O–H groups in total. The third kappa shape index (κ3) is 20.5. The van der Waals surface area contributed by atoms with Gasteiger partial charge < -0.3 is 37.8 Å². The van der Waals surface area contributed by atoms with Gasteiger partial charge in [-0.15, -0.1) is 0 Å². The molecule has 0 aliphatic carbocycles. The maximum atomic E-state index is 11.0. The first-order valence-corrected chi connectivity index (χ1v) is 7.75. The molecular weight excluding hydrogens is 464 g/mol. The van der Waals surface area contributed by atoms with Gasteiger partial charge in [0.05, 0.1) is 32.7 Å². The number of carboxylic acid groups (broad SMARTS) is 5. The van der Waals surface area contributed by atoms with Crippen LogP contribution in [0.4, 0.5) is 0 Å². The molecule has 0 saturated heterocycles. The van der Waals surface area contributed by atoms with Crippen molar-refractivity contribution in [2.75, 3.05) is 58.9 Å². The average molecular weight is 493 g/mol. The van der Waals surface area contributed by atoms with Gasteiger partial charge in [-0.2, -0.15) is 0 Å². The molecule has 0 atom stereocenters. The third-order valence-electron chi connectivity index (χ3n) is 3.26. The van der Waals surface area contributed by atoms with Crippen molar-refractivity contribution in [3.05, 3.63) is 0 Å². The molecule has 30 heavy (non-hydrogen) atoms. The third-order valence-corrected chi connectivity index (χ3v) is 3.26. The number of rotatable bonds is 16. The van der Waals surface area contributed by atoms with E-state index in [9.17, 15) is 24.0 Å². The summed E-state index contributed by atoms with van der Waals surface area (Å²) in [5.74, 6) is -6.16. The predicted molar refractivity (Wildman–Crippen MR) is 97.5 cm³/mol. The summed E-state index contributed by atoms with van der Waals surface area (Å²) in [5, 5.41) is 44.1. The molecule has 16 heteroatoms. The zero-order valence-corrected chi connectivity index (χ0v) is 19.6. The number of hydrogen-bond acceptors (Lipinski definition) is 10. The molecule has 0 amide bonds. The van der Waals surface area contributed by atoms with E-state index in [1.165, 1.54) is 4.90 Å². The largest absolute Gasteiger partial charge is 0.480 e. The van der Waals surface area contributed by atoms with E-state index in [1.807, 2.05) is 0 Å². The molecule has 0 aliphatic heterocycles. The molecule has 0 rings (SSSR count). The van der Waals surface area contributed by atoms with Gasteiger partial charge in [-0.1, -0.05) is 0 Å². The molecule has 172 valence electrons. The van der Waals surface area contributed by atoms with E-state index in [0.29, 0.717) is 0 Å². The summed E-state index contributed by atoms with van der Waals surface area (Å²) in [4.78, 5) is 57.6. The van der Waals surface area contributed by atoms with Crippen molar-refractivity contribution in [1.82, 2.24) is 27.0 Å². The second kappa shape index (κ2) is 18.8. The van der Waals surface area contributed by atoms with E-state index in [0.717, 1.165) is 9.80 Å². The molecule has 15 nitrogen and oxygen atoms in total. The first-order valence-electron chi connectivity index (χ1n) is 7.75. The van der Waals surface area contributed by atoms with E-state index in [1.54, 1.807) is 0 Å². The Kier molecular flexibility index (Phi) is 22.1. The number of nitrogens with zero attached hydrogens (tertiary/aromatic N) is 3. The molecule has 0 saturated carbocycles. The SMILES string of the molecule is N.N.O=C(O)CN(CCN(CC(=O)O)CC(=O)O)CCN(CC(=O)O)CC(=O)O.[Zn]. The van der Waals surface area contributed by atoms with E-state index in [4.69, 9.17) is 25.5 Å². The standard InChI is InChI=1S/C14H23N3O10.2H3N.Zn/c18-10(19)5-15(1-3-16(6-11(20)21)7-12(22)23)2-4-17(8-13(24)25)9-14(26)27;;;/h1-9H2,(H,18,19)(H,20,21)(H,22,23)(H,24,25)(H,26,27);2*1H3;. The van der Waals surface area contributed by atoms with Crippen molar-refractivity contribution in [3.8, 4) is 0 Å². The Hall–Kier alpha value is -2.23. The van der Waals surface area contributed by atoms with Crippen LogP contribution in [0.3, 0.4) is 0 Å². The van der Waals surface area contributed by atoms with Crippen LogP contribution in [0, 0.1) is 0 Å². The van der Waals surface area contributed by atoms with Crippen molar-refractivity contribution >= 4 is 29.8 Å². The van der Waals surface area contributed by atoms with Gasteiger partial charge in [0.2, 0.25) is 0 Å². The molecule has 0 spiro atoms. The van der Waals surface area contributed by atoms with Gasteiger partial charge in [0.25, 0.3) is 0 Å². The molecule has 0 radical (unpaired) electrons. The summed E-state index contributed by atoms with van der Waals surface area (Å²) >= 11 is 0. The van der Waals surface area contributed by atoms with Crippen molar-refractivity contribution in [2.45, 2.75) is 0 Å². The Bertz CT molecular complexity index is 493. The molecule has 0 heterocycles. The summed E-state index contributed by atoms with van der Waals surface area (Å²) < 4.78 is 0. The summed E-state index contributed by atoms with van der Waals surface area (Å²) in [6, 6.07) is 0. The van der Waals surface area contributed by atoms with Crippen LogP contribution >= 0.6 is 0 Å². The summed E-state index contributed by atoms with van der Waals surface area (Å²) in [7, 11) is 0. The zero-order valence-electron chi connectivity index (χ0n) is 16.6. The van der Waals surface area contributed by atoms with Crippen LogP contribution in [0.15, 0.2) is 0 Å². The Morgan fingerprint density at radius 1 is 0.433 bits per heavy atom. The van der Waals surface area contributed by atoms with Crippen LogP contribution in [0.5, 0.6) is 0 Å². The maximum absolute atomic E-state index is 11.0. The minimum Gasteiger partial charge on any atom is -0.480 e. The van der Waals surface area contributed by atoms with Crippen molar-refractivity contribution in [3.63, 3.8) is 0 Å². The molecule has 0 unspecified atom stereocenters.